The van der Waals surface area contributed by atoms with Crippen LogP contribution in [0.4, 0.5) is 0 Å². The third-order valence-electron chi connectivity index (χ3n) is 10.9. The van der Waals surface area contributed by atoms with Crippen LogP contribution in [-0.2, 0) is 4.79 Å². The highest BCUT2D eigenvalue weighted by Gasteiger charge is 2.50. The number of allylic oxidation sites excluding steroid dienone is 5. The van der Waals surface area contributed by atoms with E-state index in [0.717, 1.165) is 56.1 Å². The number of hydrogen-bond donors (Lipinski definition) is 2. The summed E-state index contributed by atoms with van der Waals surface area (Å²) < 4.78 is 0. The first-order valence-corrected chi connectivity index (χ1v) is 15.8. The fourth-order valence-corrected chi connectivity index (χ4v) is 8.21. The number of aliphatic hydroxyl groups is 2. The van der Waals surface area contributed by atoms with Gasteiger partial charge in [-0.25, -0.2) is 0 Å². The largest absolute Gasteiger partial charge is 0.393 e. The average Bonchev–Trinajstić information content (AvgIpc) is 3.59. The standard InChI is InChI=1S/C35H54O3/c1-5-6-7-8-14-33(38)35(21-22-35)20-10-9-12-25(2)30-17-18-31-27(13-11-19-34(30,31)4)15-16-28-23-29(36)24-32(37)26(28)3/h9,12,15-16,25,29-32,36-37H,3,5-8,10-11,13-14,17-24H2,1-2,4H3/b12-9+,27-15+,28-16-/t25-,29-,30-,31+,32+,34-/m1/s1. The normalized spacial score (nSPS) is 35.7. The molecule has 0 aromatic rings. The van der Waals surface area contributed by atoms with Crippen molar-refractivity contribution in [3.05, 3.63) is 47.6 Å². The van der Waals surface area contributed by atoms with Gasteiger partial charge in [-0.3, -0.25) is 4.79 Å². The number of fused-ring (bicyclic) bond motifs is 1. The van der Waals surface area contributed by atoms with Crippen molar-refractivity contribution in [2.45, 2.75) is 136 Å². The smallest absolute Gasteiger partial charge is 0.139 e. The minimum absolute atomic E-state index is 0.0253. The molecule has 0 aromatic heterocycles. The Morgan fingerprint density at radius 3 is 2.66 bits per heavy atom. The van der Waals surface area contributed by atoms with Crippen LogP contribution >= 0.6 is 0 Å². The molecule has 4 aliphatic carbocycles. The topological polar surface area (TPSA) is 57.5 Å². The van der Waals surface area contributed by atoms with Gasteiger partial charge in [0.05, 0.1) is 12.2 Å². The zero-order valence-corrected chi connectivity index (χ0v) is 24.5. The van der Waals surface area contributed by atoms with E-state index in [1.807, 2.05) is 0 Å². The van der Waals surface area contributed by atoms with E-state index in [1.165, 1.54) is 44.9 Å². The SMILES string of the molecule is C=C1/C(=C\C=C2/CCC[C@]3(C)[C@@H]([C@H](C)/C=C/CCC4(C(=O)CCCCCC)CC4)CC[C@@H]23)C[C@@H](O)C[C@@H]1O. The molecular weight excluding hydrogens is 468 g/mol. The van der Waals surface area contributed by atoms with Crippen LogP contribution < -0.4 is 0 Å². The van der Waals surface area contributed by atoms with Crippen LogP contribution in [0.25, 0.3) is 0 Å². The number of Topliss-reactive ketones (excluding diaryl/α,β-unsaturated/α-hetero) is 1. The van der Waals surface area contributed by atoms with Crippen LogP contribution in [0.3, 0.4) is 0 Å². The first-order valence-electron chi connectivity index (χ1n) is 15.8. The van der Waals surface area contributed by atoms with Crippen molar-refractivity contribution >= 4 is 5.78 Å². The lowest BCUT2D eigenvalue weighted by atomic mass is 9.61. The maximum atomic E-state index is 12.8. The Hall–Kier alpha value is -1.45. The predicted octanol–water partition coefficient (Wildman–Crippen LogP) is 8.42. The second-order valence-corrected chi connectivity index (χ2v) is 13.5. The second-order valence-electron chi connectivity index (χ2n) is 13.5. The number of hydrogen-bond acceptors (Lipinski definition) is 3. The van der Waals surface area contributed by atoms with Crippen LogP contribution in [-0.4, -0.2) is 28.2 Å². The lowest BCUT2D eigenvalue weighted by molar-refractivity contribution is -0.124. The van der Waals surface area contributed by atoms with E-state index in [9.17, 15) is 15.0 Å². The minimum Gasteiger partial charge on any atom is -0.393 e. The van der Waals surface area contributed by atoms with Gasteiger partial charge in [0.25, 0.3) is 0 Å². The third kappa shape index (κ3) is 6.64. The van der Waals surface area contributed by atoms with E-state index in [2.05, 4.69) is 51.7 Å². The lowest BCUT2D eigenvalue weighted by Crippen LogP contribution is -2.35. The van der Waals surface area contributed by atoms with Crippen molar-refractivity contribution in [3.63, 3.8) is 0 Å². The molecule has 4 rings (SSSR count). The molecule has 38 heavy (non-hydrogen) atoms. The van der Waals surface area contributed by atoms with E-state index in [0.29, 0.717) is 41.8 Å². The first kappa shape index (κ1) is 29.5. The summed E-state index contributed by atoms with van der Waals surface area (Å²) >= 11 is 0. The molecule has 3 nitrogen and oxygen atoms in total. The van der Waals surface area contributed by atoms with E-state index < -0.39 is 12.2 Å². The number of ketones is 1. The molecule has 0 heterocycles. The van der Waals surface area contributed by atoms with Crippen molar-refractivity contribution in [1.82, 2.24) is 0 Å². The van der Waals surface area contributed by atoms with Gasteiger partial charge < -0.3 is 10.2 Å². The summed E-state index contributed by atoms with van der Waals surface area (Å²) in [5.74, 6) is 2.42. The summed E-state index contributed by atoms with van der Waals surface area (Å²) in [6.07, 6.45) is 25.3. The number of unbranched alkanes of at least 4 members (excludes halogenated alkanes) is 3. The molecule has 4 saturated carbocycles. The molecule has 0 amide bonds. The Kier molecular flexibility index (Phi) is 9.96. The molecule has 0 saturated heterocycles. The molecule has 0 spiro atoms. The van der Waals surface area contributed by atoms with Crippen molar-refractivity contribution < 1.29 is 15.0 Å². The summed E-state index contributed by atoms with van der Waals surface area (Å²) in [6.45, 7) is 11.3. The first-order chi connectivity index (χ1) is 18.2. The Balaban J connectivity index is 1.32. The van der Waals surface area contributed by atoms with Crippen molar-refractivity contribution in [2.24, 2.45) is 28.6 Å². The van der Waals surface area contributed by atoms with Crippen molar-refractivity contribution in [2.75, 3.05) is 0 Å². The fraction of sp³-hybridized carbons (Fsp3) is 0.743. The van der Waals surface area contributed by atoms with Gasteiger partial charge in [0, 0.05) is 18.3 Å². The van der Waals surface area contributed by atoms with E-state index in [-0.39, 0.29) is 5.41 Å². The average molecular weight is 523 g/mol. The molecule has 0 aliphatic heterocycles. The molecular formula is C35H54O3. The monoisotopic (exact) mass is 522 g/mol. The van der Waals surface area contributed by atoms with Crippen LogP contribution in [0.5, 0.6) is 0 Å². The number of aliphatic hydroxyl groups excluding tert-OH is 2. The Labute approximate surface area is 232 Å². The molecule has 4 fully saturated rings. The summed E-state index contributed by atoms with van der Waals surface area (Å²) in [4.78, 5) is 12.8. The maximum Gasteiger partial charge on any atom is 0.139 e. The molecule has 0 aromatic carbocycles. The minimum atomic E-state index is -0.623. The fourth-order valence-electron chi connectivity index (χ4n) is 8.21. The molecule has 0 bridgehead atoms. The van der Waals surface area contributed by atoms with E-state index >= 15 is 0 Å². The Morgan fingerprint density at radius 1 is 1.13 bits per heavy atom. The maximum absolute atomic E-state index is 12.8. The zero-order valence-electron chi connectivity index (χ0n) is 24.5. The van der Waals surface area contributed by atoms with Gasteiger partial charge >= 0.3 is 0 Å². The molecule has 2 N–H and O–H groups in total. The van der Waals surface area contributed by atoms with Gasteiger partial charge in [-0.1, -0.05) is 76.5 Å². The zero-order chi connectivity index (χ0) is 27.3. The molecule has 0 radical (unpaired) electrons. The Morgan fingerprint density at radius 2 is 1.92 bits per heavy atom. The van der Waals surface area contributed by atoms with Crippen LogP contribution in [0.15, 0.2) is 47.6 Å². The lowest BCUT2D eigenvalue weighted by Gasteiger charge is -2.44. The number of rotatable bonds is 12. The van der Waals surface area contributed by atoms with Gasteiger partial charge in [-0.05, 0) is 105 Å². The van der Waals surface area contributed by atoms with E-state index in [4.69, 9.17) is 0 Å². The summed E-state index contributed by atoms with van der Waals surface area (Å²) in [6, 6.07) is 0. The molecule has 212 valence electrons. The van der Waals surface area contributed by atoms with Gasteiger partial charge in [-0.15, -0.1) is 0 Å². The molecule has 4 aliphatic rings. The third-order valence-corrected chi connectivity index (χ3v) is 10.9. The molecule has 3 heteroatoms. The second kappa shape index (κ2) is 12.8. The quantitative estimate of drug-likeness (QED) is 0.200. The van der Waals surface area contributed by atoms with Crippen molar-refractivity contribution in [1.29, 1.82) is 0 Å². The highest BCUT2D eigenvalue weighted by molar-refractivity contribution is 5.87. The summed E-state index contributed by atoms with van der Waals surface area (Å²) in [5, 5.41) is 20.3. The number of carbonyl (C=O) groups is 1. The number of carbonyl (C=O) groups excluding carboxylic acids is 1. The van der Waals surface area contributed by atoms with Gasteiger partial charge in [-0.2, -0.15) is 0 Å². The van der Waals surface area contributed by atoms with Crippen LogP contribution in [0, 0.1) is 28.6 Å². The molecule has 6 atom stereocenters. The van der Waals surface area contributed by atoms with Crippen molar-refractivity contribution in [3.8, 4) is 0 Å². The van der Waals surface area contributed by atoms with Gasteiger partial charge in [0.1, 0.15) is 5.78 Å². The highest BCUT2D eigenvalue weighted by Crippen LogP contribution is 2.59. The predicted molar refractivity (Wildman–Crippen MR) is 158 cm³/mol. The Bertz CT molecular complexity index is 935. The van der Waals surface area contributed by atoms with Crippen LogP contribution in [0.1, 0.15) is 124 Å². The van der Waals surface area contributed by atoms with E-state index in [1.54, 1.807) is 5.57 Å². The summed E-state index contributed by atoms with van der Waals surface area (Å²) in [7, 11) is 0. The van der Waals surface area contributed by atoms with Crippen LogP contribution in [0.2, 0.25) is 0 Å². The summed E-state index contributed by atoms with van der Waals surface area (Å²) in [5.41, 5.74) is 3.70. The van der Waals surface area contributed by atoms with Gasteiger partial charge in [0.15, 0.2) is 0 Å². The highest BCUT2D eigenvalue weighted by atomic mass is 16.3. The molecule has 0 unspecified atom stereocenters. The van der Waals surface area contributed by atoms with Gasteiger partial charge in [0.2, 0.25) is 0 Å².